The van der Waals surface area contributed by atoms with E-state index in [-0.39, 0.29) is 6.61 Å². The lowest BCUT2D eigenvalue weighted by Crippen LogP contribution is -2.20. The summed E-state index contributed by atoms with van der Waals surface area (Å²) in [4.78, 5) is 14.3. The van der Waals surface area contributed by atoms with E-state index in [0.717, 1.165) is 5.69 Å². The van der Waals surface area contributed by atoms with Gasteiger partial charge in [0.15, 0.2) is 6.61 Å². The summed E-state index contributed by atoms with van der Waals surface area (Å²) in [5.74, 6) is -0.0768. The Morgan fingerprint density at radius 3 is 3.00 bits per heavy atom. The van der Waals surface area contributed by atoms with Crippen LogP contribution in [0.15, 0.2) is 18.2 Å². The number of carbonyl (C=O) groups is 1. The quantitative estimate of drug-likeness (QED) is 0.700. The molecule has 0 fully saturated rings. The minimum atomic E-state index is -0.502. The minimum absolute atomic E-state index is 0.129. The van der Waals surface area contributed by atoms with Gasteiger partial charge >= 0.3 is 0 Å². The van der Waals surface area contributed by atoms with Crippen LogP contribution in [0.25, 0.3) is 0 Å². The van der Waals surface area contributed by atoms with Gasteiger partial charge in [0.1, 0.15) is 0 Å². The number of pyridine rings is 1. The summed E-state index contributed by atoms with van der Waals surface area (Å²) in [7, 11) is 0. The number of hydrogen-bond donors (Lipinski definition) is 1. The summed E-state index contributed by atoms with van der Waals surface area (Å²) in [5.41, 5.74) is 5.73. The van der Waals surface area contributed by atoms with Gasteiger partial charge in [-0.2, -0.15) is 0 Å². The molecule has 0 aliphatic heterocycles. The maximum absolute atomic E-state index is 10.3. The Labute approximate surface area is 70.4 Å². The number of aryl methyl sites for hydroxylation is 1. The highest BCUT2D eigenvalue weighted by Gasteiger charge is 1.97. The van der Waals surface area contributed by atoms with E-state index >= 15 is 0 Å². The number of primary amides is 1. The number of nitrogens with zero attached hydrogens (tertiary/aromatic N) is 1. The van der Waals surface area contributed by atoms with Crippen LogP contribution >= 0.6 is 0 Å². The lowest BCUT2D eigenvalue weighted by molar-refractivity contribution is -0.120. The van der Waals surface area contributed by atoms with Crippen LogP contribution in [0.5, 0.6) is 5.88 Å². The zero-order valence-electron chi connectivity index (χ0n) is 6.78. The molecule has 0 spiro atoms. The number of nitrogens with two attached hydrogens (primary N) is 1. The Hall–Kier alpha value is -1.58. The van der Waals surface area contributed by atoms with Gasteiger partial charge < -0.3 is 10.5 Å². The minimum Gasteiger partial charge on any atom is -0.468 e. The predicted molar refractivity (Wildman–Crippen MR) is 43.7 cm³/mol. The van der Waals surface area contributed by atoms with Crippen molar-refractivity contribution in [2.24, 2.45) is 5.73 Å². The van der Waals surface area contributed by atoms with Gasteiger partial charge in [0.2, 0.25) is 5.88 Å². The molecule has 4 heteroatoms. The van der Waals surface area contributed by atoms with Gasteiger partial charge in [-0.05, 0) is 13.0 Å². The molecule has 1 amide bonds. The Morgan fingerprint density at radius 1 is 1.67 bits per heavy atom. The molecule has 0 aromatic carbocycles. The number of amides is 1. The molecule has 0 aliphatic carbocycles. The van der Waals surface area contributed by atoms with Crippen LogP contribution in [0, 0.1) is 6.92 Å². The number of aromatic nitrogens is 1. The molecular weight excluding hydrogens is 156 g/mol. The zero-order chi connectivity index (χ0) is 8.97. The van der Waals surface area contributed by atoms with Crippen molar-refractivity contribution in [1.82, 2.24) is 4.98 Å². The fourth-order valence-electron chi connectivity index (χ4n) is 0.743. The van der Waals surface area contributed by atoms with E-state index < -0.39 is 5.91 Å². The maximum atomic E-state index is 10.3. The molecular formula is C8H10N2O2. The van der Waals surface area contributed by atoms with E-state index in [9.17, 15) is 4.79 Å². The largest absolute Gasteiger partial charge is 0.468 e. The van der Waals surface area contributed by atoms with Crippen molar-refractivity contribution < 1.29 is 9.53 Å². The van der Waals surface area contributed by atoms with Crippen LogP contribution in [-0.2, 0) is 4.79 Å². The molecule has 0 aliphatic rings. The predicted octanol–water partition coefficient (Wildman–Crippen LogP) is 0.254. The molecule has 0 unspecified atom stereocenters. The summed E-state index contributed by atoms with van der Waals surface area (Å²) in [6.45, 7) is 1.72. The van der Waals surface area contributed by atoms with E-state index in [1.165, 1.54) is 0 Å². The fraction of sp³-hybridized carbons (Fsp3) is 0.250. The van der Waals surface area contributed by atoms with E-state index in [4.69, 9.17) is 10.5 Å². The van der Waals surface area contributed by atoms with Gasteiger partial charge in [0, 0.05) is 11.8 Å². The second-order valence-electron chi connectivity index (χ2n) is 2.37. The van der Waals surface area contributed by atoms with E-state index in [1.807, 2.05) is 13.0 Å². The second kappa shape index (κ2) is 3.71. The molecule has 4 nitrogen and oxygen atoms in total. The van der Waals surface area contributed by atoms with E-state index in [1.54, 1.807) is 12.1 Å². The number of rotatable bonds is 3. The van der Waals surface area contributed by atoms with Gasteiger partial charge in [-0.15, -0.1) is 0 Å². The lowest BCUT2D eigenvalue weighted by atomic mass is 10.4. The summed E-state index contributed by atoms with van der Waals surface area (Å²) in [6.07, 6.45) is 0. The van der Waals surface area contributed by atoms with Gasteiger partial charge in [-0.25, -0.2) is 4.98 Å². The van der Waals surface area contributed by atoms with Crippen molar-refractivity contribution >= 4 is 5.91 Å². The van der Waals surface area contributed by atoms with Crippen molar-refractivity contribution in [2.75, 3.05) is 6.61 Å². The van der Waals surface area contributed by atoms with Crippen LogP contribution in [0.3, 0.4) is 0 Å². The molecule has 1 rings (SSSR count). The van der Waals surface area contributed by atoms with Crippen LogP contribution in [-0.4, -0.2) is 17.5 Å². The SMILES string of the molecule is Cc1cccc(OCC(N)=O)n1. The van der Waals surface area contributed by atoms with Gasteiger partial charge in [-0.3, -0.25) is 4.79 Å². The van der Waals surface area contributed by atoms with Crippen LogP contribution in [0.4, 0.5) is 0 Å². The normalized spacial score (nSPS) is 9.42. The Balaban J connectivity index is 2.57. The molecule has 1 aromatic heterocycles. The first-order chi connectivity index (χ1) is 5.68. The molecule has 1 heterocycles. The first kappa shape index (κ1) is 8.52. The molecule has 0 saturated heterocycles. The smallest absolute Gasteiger partial charge is 0.255 e. The Kier molecular flexibility index (Phi) is 2.63. The van der Waals surface area contributed by atoms with Crippen molar-refractivity contribution in [2.45, 2.75) is 6.92 Å². The van der Waals surface area contributed by atoms with Gasteiger partial charge in [0.25, 0.3) is 5.91 Å². The van der Waals surface area contributed by atoms with Crippen molar-refractivity contribution in [3.8, 4) is 5.88 Å². The van der Waals surface area contributed by atoms with E-state index in [2.05, 4.69) is 4.98 Å². The fourth-order valence-corrected chi connectivity index (χ4v) is 0.743. The summed E-state index contributed by atoms with van der Waals surface area (Å²) in [5, 5.41) is 0. The average molecular weight is 166 g/mol. The molecule has 0 saturated carbocycles. The van der Waals surface area contributed by atoms with Gasteiger partial charge in [0.05, 0.1) is 0 Å². The number of hydrogen-bond acceptors (Lipinski definition) is 3. The van der Waals surface area contributed by atoms with Crippen LogP contribution in [0.2, 0.25) is 0 Å². The summed E-state index contributed by atoms with van der Waals surface area (Å²) in [6, 6.07) is 5.33. The van der Waals surface area contributed by atoms with Crippen molar-refractivity contribution in [3.05, 3.63) is 23.9 Å². The highest BCUT2D eigenvalue weighted by atomic mass is 16.5. The average Bonchev–Trinajstić information content (AvgIpc) is 2.01. The maximum Gasteiger partial charge on any atom is 0.255 e. The molecule has 0 bridgehead atoms. The third-order valence-electron chi connectivity index (χ3n) is 1.23. The summed E-state index contributed by atoms with van der Waals surface area (Å²) < 4.78 is 4.96. The topological polar surface area (TPSA) is 65.2 Å². The van der Waals surface area contributed by atoms with E-state index in [0.29, 0.717) is 5.88 Å². The van der Waals surface area contributed by atoms with Crippen LogP contribution in [0.1, 0.15) is 5.69 Å². The third-order valence-corrected chi connectivity index (χ3v) is 1.23. The molecule has 64 valence electrons. The highest BCUT2D eigenvalue weighted by Crippen LogP contribution is 2.05. The molecule has 12 heavy (non-hydrogen) atoms. The zero-order valence-corrected chi connectivity index (χ0v) is 6.78. The molecule has 0 atom stereocenters. The Morgan fingerprint density at radius 2 is 2.42 bits per heavy atom. The molecule has 1 aromatic rings. The highest BCUT2D eigenvalue weighted by molar-refractivity contribution is 5.75. The van der Waals surface area contributed by atoms with Crippen LogP contribution < -0.4 is 10.5 Å². The first-order valence-electron chi connectivity index (χ1n) is 3.53. The number of carbonyl (C=O) groups excluding carboxylic acids is 1. The number of ether oxygens (including phenoxy) is 1. The van der Waals surface area contributed by atoms with Crippen molar-refractivity contribution in [1.29, 1.82) is 0 Å². The molecule has 2 N–H and O–H groups in total. The standard InChI is InChI=1S/C8H10N2O2/c1-6-3-2-4-8(10-6)12-5-7(9)11/h2-4H,5H2,1H3,(H2,9,11). The monoisotopic (exact) mass is 166 g/mol. The molecule has 0 radical (unpaired) electrons. The summed E-state index contributed by atoms with van der Waals surface area (Å²) >= 11 is 0. The van der Waals surface area contributed by atoms with Crippen molar-refractivity contribution in [3.63, 3.8) is 0 Å². The van der Waals surface area contributed by atoms with Gasteiger partial charge in [-0.1, -0.05) is 6.07 Å². The second-order valence-corrected chi connectivity index (χ2v) is 2.37. The lowest BCUT2D eigenvalue weighted by Gasteiger charge is -2.01. The Bertz CT molecular complexity index is 286. The third kappa shape index (κ3) is 2.57. The first-order valence-corrected chi connectivity index (χ1v) is 3.53.